The van der Waals surface area contributed by atoms with Crippen LogP contribution in [0.15, 0.2) is 15.9 Å². The third kappa shape index (κ3) is 4.49. The molecule has 0 bridgehead atoms. The van der Waals surface area contributed by atoms with E-state index in [0.29, 0.717) is 22.0 Å². The number of nitrogens with one attached hydrogen (secondary N) is 2. The second-order valence-electron chi connectivity index (χ2n) is 4.73. The summed E-state index contributed by atoms with van der Waals surface area (Å²) in [5.41, 5.74) is 0. The summed E-state index contributed by atoms with van der Waals surface area (Å²) in [4.78, 5) is 26.1. The zero-order chi connectivity index (χ0) is 17.0. The zero-order valence-corrected chi connectivity index (χ0v) is 15.8. The number of rotatable bonds is 6. The van der Waals surface area contributed by atoms with Gasteiger partial charge in [-0.25, -0.2) is 0 Å². The van der Waals surface area contributed by atoms with Gasteiger partial charge in [-0.05, 0) is 47.2 Å². The van der Waals surface area contributed by atoms with Crippen LogP contribution in [0.5, 0.6) is 0 Å². The molecule has 0 aliphatic carbocycles. The molecule has 0 saturated carbocycles. The molecule has 0 aliphatic heterocycles. The fraction of sp³-hybridized carbons (Fsp3) is 0.385. The zero-order valence-electron chi connectivity index (χ0n) is 12.6. The lowest BCUT2D eigenvalue weighted by Crippen LogP contribution is -2.38. The largest absolute Gasteiger partial charge is 0.347 e. The molecule has 0 aromatic carbocycles. The highest BCUT2D eigenvalue weighted by Gasteiger charge is 2.17. The fourth-order valence-corrected chi connectivity index (χ4v) is 3.61. The van der Waals surface area contributed by atoms with E-state index >= 15 is 0 Å². The van der Waals surface area contributed by atoms with E-state index in [1.54, 1.807) is 23.7 Å². The van der Waals surface area contributed by atoms with Crippen LogP contribution in [-0.2, 0) is 17.9 Å². The molecule has 2 rings (SSSR count). The van der Waals surface area contributed by atoms with Gasteiger partial charge >= 0.3 is 0 Å². The number of hydrogen-bond donors (Lipinski definition) is 2. The van der Waals surface area contributed by atoms with E-state index in [4.69, 9.17) is 12.2 Å². The van der Waals surface area contributed by atoms with Crippen molar-refractivity contribution in [1.82, 2.24) is 25.0 Å². The van der Waals surface area contributed by atoms with Crippen molar-refractivity contribution in [2.75, 3.05) is 13.6 Å². The monoisotopic (exact) mass is 417 g/mol. The van der Waals surface area contributed by atoms with Gasteiger partial charge in [-0.2, -0.15) is 5.10 Å². The molecule has 2 heterocycles. The van der Waals surface area contributed by atoms with Crippen molar-refractivity contribution in [1.29, 1.82) is 0 Å². The summed E-state index contributed by atoms with van der Waals surface area (Å²) in [6.07, 6.45) is 0. The summed E-state index contributed by atoms with van der Waals surface area (Å²) >= 11 is 9.74. The average molecular weight is 418 g/mol. The standard InChI is InChI=1S/C13H16BrN5O2S2/c1-3-19-10(16-17-13(19)22)6-15-11(20)7-18(2)12(21)8-4-5-9(14)23-8/h4-5H,3,6-7H2,1-2H3,(H,15,20)(H,17,22). The molecule has 0 saturated heterocycles. The highest BCUT2D eigenvalue weighted by atomic mass is 79.9. The first-order valence-corrected chi connectivity index (χ1v) is 8.85. The van der Waals surface area contributed by atoms with Gasteiger partial charge in [0.25, 0.3) is 5.91 Å². The van der Waals surface area contributed by atoms with Gasteiger partial charge in [-0.3, -0.25) is 14.7 Å². The molecule has 0 radical (unpaired) electrons. The van der Waals surface area contributed by atoms with E-state index in [-0.39, 0.29) is 24.9 Å². The number of thiophene rings is 1. The maximum Gasteiger partial charge on any atom is 0.264 e. The van der Waals surface area contributed by atoms with Crippen LogP contribution in [0.25, 0.3) is 0 Å². The Labute approximate surface area is 150 Å². The van der Waals surface area contributed by atoms with Gasteiger partial charge in [-0.1, -0.05) is 0 Å². The van der Waals surface area contributed by atoms with Crippen LogP contribution in [0.2, 0.25) is 0 Å². The Morgan fingerprint density at radius 2 is 2.26 bits per heavy atom. The van der Waals surface area contributed by atoms with E-state index < -0.39 is 0 Å². The van der Waals surface area contributed by atoms with Gasteiger partial charge in [0.05, 0.1) is 21.8 Å². The molecule has 0 spiro atoms. The average Bonchev–Trinajstić information content (AvgIpc) is 3.10. The smallest absolute Gasteiger partial charge is 0.264 e. The lowest BCUT2D eigenvalue weighted by Gasteiger charge is -2.15. The summed E-state index contributed by atoms with van der Waals surface area (Å²) < 4.78 is 3.20. The predicted octanol–water partition coefficient (Wildman–Crippen LogP) is 2.17. The van der Waals surface area contributed by atoms with E-state index in [1.807, 2.05) is 6.92 Å². The first kappa shape index (κ1) is 17.8. The van der Waals surface area contributed by atoms with Crippen molar-refractivity contribution in [2.24, 2.45) is 0 Å². The molecule has 10 heteroatoms. The Kier molecular flexibility index (Phi) is 6.08. The minimum absolute atomic E-state index is 0.0222. The lowest BCUT2D eigenvalue weighted by atomic mass is 10.4. The van der Waals surface area contributed by atoms with Gasteiger partial charge in [-0.15, -0.1) is 11.3 Å². The molecule has 2 aromatic heterocycles. The number of aromatic nitrogens is 3. The second kappa shape index (κ2) is 7.84. The third-order valence-corrected chi connectivity index (χ3v) is 5.03. The Morgan fingerprint density at radius 3 is 2.87 bits per heavy atom. The number of carbonyl (C=O) groups is 2. The van der Waals surface area contributed by atoms with Crippen molar-refractivity contribution in [3.05, 3.63) is 31.4 Å². The maximum absolute atomic E-state index is 12.2. The molecule has 0 aliphatic rings. The SMILES string of the molecule is CCn1c(CNC(=O)CN(C)C(=O)c2ccc(Br)s2)n[nH]c1=S. The highest BCUT2D eigenvalue weighted by molar-refractivity contribution is 9.11. The maximum atomic E-state index is 12.2. The molecule has 0 atom stereocenters. The highest BCUT2D eigenvalue weighted by Crippen LogP contribution is 2.22. The number of halogens is 1. The summed E-state index contributed by atoms with van der Waals surface area (Å²) in [6.45, 7) is 2.85. The second-order valence-corrected chi connectivity index (χ2v) is 7.58. The van der Waals surface area contributed by atoms with Gasteiger partial charge in [0.1, 0.15) is 0 Å². The molecule has 2 N–H and O–H groups in total. The third-order valence-electron chi connectivity index (χ3n) is 3.11. The molecule has 0 fully saturated rings. The molecule has 2 amide bonds. The number of nitrogens with zero attached hydrogens (tertiary/aromatic N) is 3. The Hall–Kier alpha value is -1.52. The molecule has 23 heavy (non-hydrogen) atoms. The first-order valence-electron chi connectivity index (χ1n) is 6.84. The van der Waals surface area contributed by atoms with Crippen molar-refractivity contribution >= 4 is 51.3 Å². The van der Waals surface area contributed by atoms with Crippen molar-refractivity contribution < 1.29 is 9.59 Å². The minimum atomic E-state index is -0.256. The van der Waals surface area contributed by atoms with Crippen LogP contribution in [-0.4, -0.2) is 45.1 Å². The van der Waals surface area contributed by atoms with E-state index in [1.165, 1.54) is 16.2 Å². The predicted molar refractivity (Wildman–Crippen MR) is 93.9 cm³/mol. The van der Waals surface area contributed by atoms with Crippen LogP contribution < -0.4 is 5.32 Å². The normalized spacial score (nSPS) is 10.6. The Morgan fingerprint density at radius 1 is 1.52 bits per heavy atom. The first-order chi connectivity index (χ1) is 10.9. The summed E-state index contributed by atoms with van der Waals surface area (Å²) in [5, 5.41) is 9.50. The lowest BCUT2D eigenvalue weighted by molar-refractivity contribution is -0.121. The molecule has 7 nitrogen and oxygen atoms in total. The molecular weight excluding hydrogens is 402 g/mol. The van der Waals surface area contributed by atoms with Crippen LogP contribution in [0, 0.1) is 4.77 Å². The Balaban J connectivity index is 1.89. The van der Waals surface area contributed by atoms with Gasteiger partial charge < -0.3 is 14.8 Å². The van der Waals surface area contributed by atoms with E-state index in [2.05, 4.69) is 31.4 Å². The van der Waals surface area contributed by atoms with E-state index in [9.17, 15) is 9.59 Å². The summed E-state index contributed by atoms with van der Waals surface area (Å²) in [6, 6.07) is 3.53. The van der Waals surface area contributed by atoms with Gasteiger partial charge in [0.2, 0.25) is 5.91 Å². The van der Waals surface area contributed by atoms with Crippen LogP contribution in [0.3, 0.4) is 0 Å². The molecule has 2 aromatic rings. The van der Waals surface area contributed by atoms with Crippen LogP contribution >= 0.6 is 39.5 Å². The topological polar surface area (TPSA) is 83.0 Å². The van der Waals surface area contributed by atoms with Crippen molar-refractivity contribution in [3.63, 3.8) is 0 Å². The number of likely N-dealkylation sites (N-methyl/N-ethyl adjacent to an activating group) is 1. The number of H-pyrrole nitrogens is 1. The van der Waals surface area contributed by atoms with Gasteiger partial charge in [0.15, 0.2) is 10.6 Å². The number of amides is 2. The fourth-order valence-electron chi connectivity index (χ4n) is 1.95. The summed E-state index contributed by atoms with van der Waals surface area (Å²) in [5.74, 6) is 0.210. The quantitative estimate of drug-likeness (QED) is 0.705. The minimum Gasteiger partial charge on any atom is -0.347 e. The number of carbonyl (C=O) groups excluding carboxylic acids is 2. The molecular formula is C13H16BrN5O2S2. The summed E-state index contributed by atoms with van der Waals surface area (Å²) in [7, 11) is 1.59. The Bertz CT molecular complexity index is 767. The van der Waals surface area contributed by atoms with Gasteiger partial charge in [0, 0.05) is 13.6 Å². The van der Waals surface area contributed by atoms with Crippen LogP contribution in [0.1, 0.15) is 22.4 Å². The van der Waals surface area contributed by atoms with Crippen LogP contribution in [0.4, 0.5) is 0 Å². The van der Waals surface area contributed by atoms with Crippen molar-refractivity contribution in [2.45, 2.75) is 20.0 Å². The number of aromatic amines is 1. The van der Waals surface area contributed by atoms with Crippen molar-refractivity contribution in [3.8, 4) is 0 Å². The molecule has 124 valence electrons. The molecule has 0 unspecified atom stereocenters. The van der Waals surface area contributed by atoms with E-state index in [0.717, 1.165) is 3.79 Å². The number of hydrogen-bond acceptors (Lipinski definition) is 5.